The highest BCUT2D eigenvalue weighted by atomic mass is 16.1. The number of hydrogen-bond donors (Lipinski definition) is 2. The maximum absolute atomic E-state index is 11.6. The number of fused-ring (bicyclic) bond motifs is 1. The third kappa shape index (κ3) is 4.33. The molecule has 1 amide bonds. The summed E-state index contributed by atoms with van der Waals surface area (Å²) >= 11 is 0. The first-order valence-electron chi connectivity index (χ1n) is 7.79. The summed E-state index contributed by atoms with van der Waals surface area (Å²) in [6.45, 7) is 7.46. The molecular formula is C17H25N3O. The van der Waals surface area contributed by atoms with E-state index < -0.39 is 0 Å². The second kappa shape index (κ2) is 7.84. The third-order valence-corrected chi connectivity index (χ3v) is 3.55. The summed E-state index contributed by atoms with van der Waals surface area (Å²) in [5, 5.41) is 7.49. The normalized spacial score (nSPS) is 11.0. The Morgan fingerprint density at radius 2 is 2.10 bits per heavy atom. The molecule has 0 atom stereocenters. The zero-order valence-electron chi connectivity index (χ0n) is 13.0. The van der Waals surface area contributed by atoms with Crippen LogP contribution < -0.4 is 10.6 Å². The minimum absolute atomic E-state index is 0.111. The molecule has 0 radical (unpaired) electrons. The standard InChI is InChI=1S/C17H25N3O/c1-3-9-18-13-14-5-6-15-7-10-20(16(15)12-14)11-8-17(21)19-4-2/h5-7,10,12,18H,3-4,8-9,11,13H2,1-2H3,(H,19,21). The van der Waals surface area contributed by atoms with Gasteiger partial charge in [0.1, 0.15) is 0 Å². The van der Waals surface area contributed by atoms with Gasteiger partial charge in [-0.05, 0) is 43.0 Å². The minimum atomic E-state index is 0.111. The van der Waals surface area contributed by atoms with Gasteiger partial charge in [0.05, 0.1) is 0 Å². The van der Waals surface area contributed by atoms with Crippen LogP contribution in [0.25, 0.3) is 10.9 Å². The summed E-state index contributed by atoms with van der Waals surface area (Å²) in [7, 11) is 0. The van der Waals surface area contributed by atoms with Crippen molar-refractivity contribution in [3.05, 3.63) is 36.0 Å². The second-order valence-electron chi connectivity index (χ2n) is 5.28. The van der Waals surface area contributed by atoms with Gasteiger partial charge in [-0.25, -0.2) is 0 Å². The van der Waals surface area contributed by atoms with Crippen molar-refractivity contribution in [2.45, 2.75) is 39.8 Å². The Morgan fingerprint density at radius 1 is 1.24 bits per heavy atom. The number of carbonyl (C=O) groups is 1. The average molecular weight is 287 g/mol. The van der Waals surface area contributed by atoms with Crippen molar-refractivity contribution in [1.29, 1.82) is 0 Å². The van der Waals surface area contributed by atoms with E-state index in [0.717, 1.165) is 26.1 Å². The van der Waals surface area contributed by atoms with Crippen molar-refractivity contribution in [3.63, 3.8) is 0 Å². The quantitative estimate of drug-likeness (QED) is 0.733. The fourth-order valence-corrected chi connectivity index (χ4v) is 2.45. The Kier molecular flexibility index (Phi) is 5.81. The number of rotatable bonds is 8. The Balaban J connectivity index is 2.05. The molecule has 21 heavy (non-hydrogen) atoms. The lowest BCUT2D eigenvalue weighted by Crippen LogP contribution is -2.23. The molecule has 0 aliphatic carbocycles. The van der Waals surface area contributed by atoms with E-state index in [9.17, 15) is 4.79 Å². The van der Waals surface area contributed by atoms with Crippen molar-refractivity contribution in [2.75, 3.05) is 13.1 Å². The van der Waals surface area contributed by atoms with Gasteiger partial charge in [0.25, 0.3) is 0 Å². The number of aromatic nitrogens is 1. The van der Waals surface area contributed by atoms with Gasteiger partial charge in [0, 0.05) is 37.8 Å². The maximum Gasteiger partial charge on any atom is 0.221 e. The van der Waals surface area contributed by atoms with Crippen LogP contribution in [0.4, 0.5) is 0 Å². The highest BCUT2D eigenvalue weighted by molar-refractivity contribution is 5.81. The van der Waals surface area contributed by atoms with Crippen molar-refractivity contribution >= 4 is 16.8 Å². The summed E-state index contributed by atoms with van der Waals surface area (Å²) in [6.07, 6.45) is 3.73. The monoisotopic (exact) mass is 287 g/mol. The van der Waals surface area contributed by atoms with Crippen molar-refractivity contribution in [2.24, 2.45) is 0 Å². The fourth-order valence-electron chi connectivity index (χ4n) is 2.45. The van der Waals surface area contributed by atoms with Gasteiger partial charge in [0.2, 0.25) is 5.91 Å². The Bertz CT molecular complexity index is 589. The minimum Gasteiger partial charge on any atom is -0.356 e. The first-order chi connectivity index (χ1) is 10.2. The molecular weight excluding hydrogens is 262 g/mol. The van der Waals surface area contributed by atoms with Crippen LogP contribution in [0.5, 0.6) is 0 Å². The van der Waals surface area contributed by atoms with Gasteiger partial charge in [-0.3, -0.25) is 4.79 Å². The molecule has 0 saturated heterocycles. The Morgan fingerprint density at radius 3 is 2.86 bits per heavy atom. The summed E-state index contributed by atoms with van der Waals surface area (Å²) < 4.78 is 2.16. The third-order valence-electron chi connectivity index (χ3n) is 3.55. The van der Waals surface area contributed by atoms with Crippen LogP contribution in [0.1, 0.15) is 32.3 Å². The Labute approximate surface area is 126 Å². The molecule has 2 rings (SSSR count). The lowest BCUT2D eigenvalue weighted by atomic mass is 10.1. The van der Waals surface area contributed by atoms with E-state index in [-0.39, 0.29) is 5.91 Å². The fraction of sp³-hybridized carbons (Fsp3) is 0.471. The topological polar surface area (TPSA) is 46.1 Å². The highest BCUT2D eigenvalue weighted by Crippen LogP contribution is 2.18. The van der Waals surface area contributed by atoms with Gasteiger partial charge < -0.3 is 15.2 Å². The molecule has 114 valence electrons. The molecule has 1 aromatic heterocycles. The average Bonchev–Trinajstić information content (AvgIpc) is 2.88. The lowest BCUT2D eigenvalue weighted by Gasteiger charge is -2.08. The van der Waals surface area contributed by atoms with E-state index in [1.165, 1.54) is 16.5 Å². The molecule has 0 bridgehead atoms. The first-order valence-corrected chi connectivity index (χ1v) is 7.79. The van der Waals surface area contributed by atoms with E-state index >= 15 is 0 Å². The SMILES string of the molecule is CCCNCc1ccc2ccn(CCC(=O)NCC)c2c1. The van der Waals surface area contributed by atoms with Crippen LogP contribution in [0.2, 0.25) is 0 Å². The van der Waals surface area contributed by atoms with Crippen molar-refractivity contribution in [1.82, 2.24) is 15.2 Å². The maximum atomic E-state index is 11.6. The molecule has 0 aliphatic rings. The molecule has 2 aromatic rings. The number of nitrogens with one attached hydrogen (secondary N) is 2. The van der Waals surface area contributed by atoms with Gasteiger partial charge in [0.15, 0.2) is 0 Å². The van der Waals surface area contributed by atoms with Crippen LogP contribution in [0, 0.1) is 0 Å². The lowest BCUT2D eigenvalue weighted by molar-refractivity contribution is -0.121. The first kappa shape index (κ1) is 15.6. The molecule has 4 heteroatoms. The van der Waals surface area contributed by atoms with Gasteiger partial charge >= 0.3 is 0 Å². The summed E-state index contributed by atoms with van der Waals surface area (Å²) in [4.78, 5) is 11.6. The molecule has 0 spiro atoms. The van der Waals surface area contributed by atoms with Crippen LogP contribution in [0.15, 0.2) is 30.5 Å². The molecule has 0 unspecified atom stereocenters. The molecule has 2 N–H and O–H groups in total. The van der Waals surface area contributed by atoms with Crippen LogP contribution >= 0.6 is 0 Å². The smallest absolute Gasteiger partial charge is 0.221 e. The summed E-state index contributed by atoms with van der Waals surface area (Å²) in [5.41, 5.74) is 2.49. The van der Waals surface area contributed by atoms with Crippen molar-refractivity contribution in [3.8, 4) is 0 Å². The predicted molar refractivity (Wildman–Crippen MR) is 87.2 cm³/mol. The number of hydrogen-bond acceptors (Lipinski definition) is 2. The number of benzene rings is 1. The van der Waals surface area contributed by atoms with Gasteiger partial charge in [-0.15, -0.1) is 0 Å². The highest BCUT2D eigenvalue weighted by Gasteiger charge is 2.05. The number of aryl methyl sites for hydroxylation is 1. The second-order valence-corrected chi connectivity index (χ2v) is 5.28. The zero-order valence-corrected chi connectivity index (χ0v) is 13.0. The molecule has 0 aliphatic heterocycles. The van der Waals surface area contributed by atoms with Gasteiger partial charge in [-0.1, -0.05) is 19.1 Å². The van der Waals surface area contributed by atoms with E-state index in [1.54, 1.807) is 0 Å². The number of nitrogens with zero attached hydrogens (tertiary/aromatic N) is 1. The Hall–Kier alpha value is -1.81. The van der Waals surface area contributed by atoms with E-state index in [0.29, 0.717) is 13.0 Å². The van der Waals surface area contributed by atoms with Crippen molar-refractivity contribution < 1.29 is 4.79 Å². The summed E-state index contributed by atoms with van der Waals surface area (Å²) in [6, 6.07) is 8.64. The predicted octanol–water partition coefficient (Wildman–Crippen LogP) is 2.67. The molecule has 0 fully saturated rings. The van der Waals surface area contributed by atoms with Crippen LogP contribution in [-0.2, 0) is 17.9 Å². The van der Waals surface area contributed by atoms with Crippen LogP contribution in [-0.4, -0.2) is 23.6 Å². The number of amides is 1. The zero-order chi connectivity index (χ0) is 15.1. The van der Waals surface area contributed by atoms with E-state index in [4.69, 9.17) is 0 Å². The van der Waals surface area contributed by atoms with Gasteiger partial charge in [-0.2, -0.15) is 0 Å². The summed E-state index contributed by atoms with van der Waals surface area (Å²) in [5.74, 6) is 0.111. The molecule has 1 heterocycles. The number of carbonyl (C=O) groups excluding carboxylic acids is 1. The van der Waals surface area contributed by atoms with Crippen LogP contribution in [0.3, 0.4) is 0 Å². The largest absolute Gasteiger partial charge is 0.356 e. The molecule has 0 saturated carbocycles. The van der Waals surface area contributed by atoms with E-state index in [1.807, 2.05) is 6.92 Å². The van der Waals surface area contributed by atoms with E-state index in [2.05, 4.69) is 52.6 Å². The molecule has 4 nitrogen and oxygen atoms in total. The molecule has 1 aromatic carbocycles.